The van der Waals surface area contributed by atoms with E-state index in [0.717, 1.165) is 11.1 Å². The van der Waals surface area contributed by atoms with E-state index in [1.165, 1.54) is 12.1 Å². The van der Waals surface area contributed by atoms with Gasteiger partial charge in [0.05, 0.1) is 8.95 Å². The van der Waals surface area contributed by atoms with Crippen LogP contribution in [0.2, 0.25) is 0 Å². The highest BCUT2D eigenvalue weighted by Crippen LogP contribution is 2.24. The summed E-state index contributed by atoms with van der Waals surface area (Å²) >= 11 is 6.24. The average Bonchev–Trinajstić information content (AvgIpc) is 2.36. The second-order valence-electron chi connectivity index (χ2n) is 4.18. The van der Waals surface area contributed by atoms with E-state index in [1.54, 1.807) is 12.1 Å². The van der Waals surface area contributed by atoms with Crippen molar-refractivity contribution in [2.45, 2.75) is 13.5 Å². The molecule has 0 aliphatic carbocycles. The molecule has 0 atom stereocenters. The zero-order valence-corrected chi connectivity index (χ0v) is 13.3. The molecule has 1 N–H and O–H groups in total. The summed E-state index contributed by atoms with van der Waals surface area (Å²) in [5, 5.41) is 3.10. The predicted molar refractivity (Wildman–Crippen MR) is 80.3 cm³/mol. The molecule has 2 rings (SSSR count). The first-order valence-electron chi connectivity index (χ1n) is 5.61. The summed E-state index contributed by atoms with van der Waals surface area (Å²) in [6, 6.07) is 8.04. The molecule has 0 radical (unpaired) electrons. The molecule has 0 spiro atoms. The quantitative estimate of drug-likeness (QED) is 0.738. The van der Waals surface area contributed by atoms with Gasteiger partial charge in [-0.05, 0) is 74.2 Å². The molecule has 0 fully saturated rings. The van der Waals surface area contributed by atoms with Crippen molar-refractivity contribution in [1.82, 2.24) is 0 Å². The summed E-state index contributed by atoms with van der Waals surface area (Å²) in [4.78, 5) is 0. The van der Waals surface area contributed by atoms with Crippen LogP contribution in [0.3, 0.4) is 0 Å². The average molecular weight is 391 g/mol. The Bertz CT molecular complexity index is 615. The Balaban J connectivity index is 2.14. The molecule has 0 amide bonds. The second-order valence-corrected chi connectivity index (χ2v) is 5.89. The maximum absolute atomic E-state index is 13.4. The lowest BCUT2D eigenvalue weighted by atomic mass is 10.1. The van der Waals surface area contributed by atoms with Gasteiger partial charge in [0, 0.05) is 12.2 Å². The van der Waals surface area contributed by atoms with E-state index in [2.05, 4.69) is 37.2 Å². The second kappa shape index (κ2) is 6.01. The van der Waals surface area contributed by atoms with Crippen LogP contribution in [0.5, 0.6) is 0 Å². The van der Waals surface area contributed by atoms with Gasteiger partial charge in [0.25, 0.3) is 0 Å². The van der Waals surface area contributed by atoms with Crippen LogP contribution in [0.15, 0.2) is 39.3 Å². The molecule has 0 aliphatic heterocycles. The largest absolute Gasteiger partial charge is 0.381 e. The lowest BCUT2D eigenvalue weighted by Crippen LogP contribution is -2.02. The maximum Gasteiger partial charge on any atom is 0.139 e. The van der Waals surface area contributed by atoms with Gasteiger partial charge in [-0.15, -0.1) is 0 Å². The van der Waals surface area contributed by atoms with Crippen LogP contribution < -0.4 is 5.32 Å². The van der Waals surface area contributed by atoms with Gasteiger partial charge in [-0.3, -0.25) is 0 Å². The third-order valence-corrected chi connectivity index (χ3v) is 3.99. The summed E-state index contributed by atoms with van der Waals surface area (Å²) in [6.07, 6.45) is 0. The molecule has 100 valence electrons. The Morgan fingerprint density at radius 1 is 1.00 bits per heavy atom. The van der Waals surface area contributed by atoms with Crippen molar-refractivity contribution >= 4 is 37.5 Å². The van der Waals surface area contributed by atoms with E-state index < -0.39 is 0 Å². The minimum Gasteiger partial charge on any atom is -0.381 e. The van der Waals surface area contributed by atoms with E-state index in [1.807, 2.05) is 13.0 Å². The molecule has 0 aromatic heterocycles. The molecule has 5 heteroatoms. The van der Waals surface area contributed by atoms with Crippen LogP contribution in [-0.4, -0.2) is 0 Å². The molecular formula is C14H11Br2F2N. The Morgan fingerprint density at radius 2 is 1.68 bits per heavy atom. The zero-order chi connectivity index (χ0) is 14.0. The predicted octanol–water partition coefficient (Wildman–Crippen LogP) is 5.41. The smallest absolute Gasteiger partial charge is 0.139 e. The highest BCUT2D eigenvalue weighted by Gasteiger charge is 2.06. The van der Waals surface area contributed by atoms with Gasteiger partial charge in [-0.25, -0.2) is 8.78 Å². The van der Waals surface area contributed by atoms with Gasteiger partial charge in [0.2, 0.25) is 0 Å². The first kappa shape index (κ1) is 14.5. The van der Waals surface area contributed by atoms with Crippen LogP contribution in [0.1, 0.15) is 11.1 Å². The van der Waals surface area contributed by atoms with Crippen LogP contribution in [0.25, 0.3) is 0 Å². The minimum atomic E-state index is -0.324. The van der Waals surface area contributed by atoms with Gasteiger partial charge >= 0.3 is 0 Å². The van der Waals surface area contributed by atoms with Crippen molar-refractivity contribution < 1.29 is 8.78 Å². The van der Waals surface area contributed by atoms with Crippen molar-refractivity contribution in [3.63, 3.8) is 0 Å². The fourth-order valence-electron chi connectivity index (χ4n) is 1.68. The summed E-state index contributed by atoms with van der Waals surface area (Å²) in [5.41, 5.74) is 2.42. The molecule has 0 saturated carbocycles. The Hall–Kier alpha value is -0.940. The fraction of sp³-hybridized carbons (Fsp3) is 0.143. The lowest BCUT2D eigenvalue weighted by molar-refractivity contribution is 0.618. The van der Waals surface area contributed by atoms with Crippen LogP contribution in [0, 0.1) is 18.6 Å². The lowest BCUT2D eigenvalue weighted by Gasteiger charge is -2.11. The number of halogens is 4. The Kier molecular flexibility index (Phi) is 4.58. The van der Waals surface area contributed by atoms with Crippen molar-refractivity contribution in [2.24, 2.45) is 0 Å². The number of hydrogen-bond donors (Lipinski definition) is 1. The van der Waals surface area contributed by atoms with Crippen LogP contribution >= 0.6 is 31.9 Å². The first-order valence-corrected chi connectivity index (χ1v) is 7.19. The highest BCUT2D eigenvalue weighted by molar-refractivity contribution is 9.10. The molecule has 0 heterocycles. The van der Waals surface area contributed by atoms with Crippen LogP contribution in [-0.2, 0) is 6.54 Å². The molecule has 2 aromatic carbocycles. The number of benzene rings is 2. The number of aryl methyl sites for hydroxylation is 1. The summed E-state index contributed by atoms with van der Waals surface area (Å²) < 4.78 is 27.7. The monoisotopic (exact) mass is 389 g/mol. The van der Waals surface area contributed by atoms with Gasteiger partial charge in [0.15, 0.2) is 0 Å². The molecule has 0 bridgehead atoms. The van der Waals surface area contributed by atoms with Gasteiger partial charge in [0.1, 0.15) is 11.6 Å². The zero-order valence-electron chi connectivity index (χ0n) is 10.1. The standard InChI is InChI=1S/C14H11Br2F2N/c1-8-4-11(16)13(18)6-14(8)19-7-9-2-3-10(15)12(17)5-9/h2-6,19H,7H2,1H3. The minimum absolute atomic E-state index is 0.307. The molecule has 0 aliphatic rings. The Morgan fingerprint density at radius 3 is 2.37 bits per heavy atom. The topological polar surface area (TPSA) is 12.0 Å². The molecule has 0 saturated heterocycles. The third-order valence-electron chi connectivity index (χ3n) is 2.73. The van der Waals surface area contributed by atoms with Crippen LogP contribution in [0.4, 0.5) is 14.5 Å². The third kappa shape index (κ3) is 3.54. The van der Waals surface area contributed by atoms with E-state index >= 15 is 0 Å². The van der Waals surface area contributed by atoms with E-state index in [4.69, 9.17) is 0 Å². The van der Waals surface area contributed by atoms with Crippen molar-refractivity contribution in [3.05, 3.63) is 62.0 Å². The van der Waals surface area contributed by atoms with Crippen molar-refractivity contribution in [3.8, 4) is 0 Å². The number of rotatable bonds is 3. The van der Waals surface area contributed by atoms with Gasteiger partial charge in [-0.1, -0.05) is 6.07 Å². The van der Waals surface area contributed by atoms with Gasteiger partial charge in [-0.2, -0.15) is 0 Å². The number of anilines is 1. The summed E-state index contributed by atoms with van der Waals surface area (Å²) in [7, 11) is 0. The number of nitrogens with one attached hydrogen (secondary N) is 1. The maximum atomic E-state index is 13.4. The fourth-order valence-corrected chi connectivity index (χ4v) is 2.39. The van der Waals surface area contributed by atoms with Crippen molar-refractivity contribution in [1.29, 1.82) is 0 Å². The van der Waals surface area contributed by atoms with E-state index in [9.17, 15) is 8.78 Å². The van der Waals surface area contributed by atoms with E-state index in [-0.39, 0.29) is 11.6 Å². The van der Waals surface area contributed by atoms with Crippen molar-refractivity contribution in [2.75, 3.05) is 5.32 Å². The van der Waals surface area contributed by atoms with Gasteiger partial charge < -0.3 is 5.32 Å². The molecule has 1 nitrogen and oxygen atoms in total. The highest BCUT2D eigenvalue weighted by atomic mass is 79.9. The SMILES string of the molecule is Cc1cc(Br)c(F)cc1NCc1ccc(Br)c(F)c1. The van der Waals surface area contributed by atoms with E-state index in [0.29, 0.717) is 21.2 Å². The number of hydrogen-bond acceptors (Lipinski definition) is 1. The molecular weight excluding hydrogens is 380 g/mol. The molecule has 19 heavy (non-hydrogen) atoms. The summed E-state index contributed by atoms with van der Waals surface area (Å²) in [5.74, 6) is -0.631. The first-order chi connectivity index (χ1) is 8.97. The molecule has 0 unspecified atom stereocenters. The molecule has 2 aromatic rings. The summed E-state index contributed by atoms with van der Waals surface area (Å²) in [6.45, 7) is 2.32. The normalized spacial score (nSPS) is 10.6. The Labute approximate surface area is 127 Å².